The van der Waals surface area contributed by atoms with Gasteiger partial charge in [-0.2, -0.15) is 0 Å². The maximum Gasteiger partial charge on any atom is 0.0109 e. The molecule has 0 aromatic heterocycles. The molecule has 2 heterocycles. The molecule has 0 spiro atoms. The Morgan fingerprint density at radius 1 is 0.857 bits per heavy atom. The van der Waals surface area contributed by atoms with Crippen LogP contribution in [0.2, 0.25) is 0 Å². The van der Waals surface area contributed by atoms with E-state index in [9.17, 15) is 0 Å². The summed E-state index contributed by atoms with van der Waals surface area (Å²) in [6, 6.07) is 0. The summed E-state index contributed by atoms with van der Waals surface area (Å²) in [6.45, 7) is 10.4. The average molecular weight is 196 g/mol. The van der Waals surface area contributed by atoms with Gasteiger partial charge in [-0.05, 0) is 57.8 Å². The summed E-state index contributed by atoms with van der Waals surface area (Å²) in [5, 5.41) is 0. The molecule has 2 aliphatic rings. The minimum Gasteiger partial charge on any atom is -0.302 e. The fraction of sp³-hybridized carbons (Fsp3) is 1.00. The normalized spacial score (nSPS) is 27.2. The van der Waals surface area contributed by atoms with Crippen LogP contribution in [-0.4, -0.2) is 49.1 Å². The monoisotopic (exact) mass is 196 g/mol. The van der Waals surface area contributed by atoms with Crippen LogP contribution in [0, 0.1) is 5.92 Å². The highest BCUT2D eigenvalue weighted by Crippen LogP contribution is 2.16. The minimum absolute atomic E-state index is 0.970. The molecule has 2 heteroatoms. The Bertz CT molecular complexity index is 156. The number of likely N-dealkylation sites (tertiary alicyclic amines) is 2. The lowest BCUT2D eigenvalue weighted by Gasteiger charge is -2.31. The molecule has 0 radical (unpaired) electrons. The van der Waals surface area contributed by atoms with Gasteiger partial charge in [-0.3, -0.25) is 0 Å². The van der Waals surface area contributed by atoms with Gasteiger partial charge in [-0.1, -0.05) is 6.92 Å². The summed E-state index contributed by atoms with van der Waals surface area (Å²) in [5.74, 6) is 0.970. The predicted octanol–water partition coefficient (Wildman–Crippen LogP) is 1.81. The largest absolute Gasteiger partial charge is 0.302 e. The van der Waals surface area contributed by atoms with Gasteiger partial charge >= 0.3 is 0 Å². The van der Waals surface area contributed by atoms with E-state index in [1.54, 1.807) is 0 Å². The van der Waals surface area contributed by atoms with Crippen LogP contribution >= 0.6 is 0 Å². The van der Waals surface area contributed by atoms with E-state index in [2.05, 4.69) is 16.7 Å². The van der Waals surface area contributed by atoms with Crippen LogP contribution in [0.3, 0.4) is 0 Å². The van der Waals surface area contributed by atoms with Gasteiger partial charge in [0.15, 0.2) is 0 Å². The standard InChI is InChI=1S/C12H24N2/c1-12-4-8-14(9-5-12)11-10-13-6-2-3-7-13/h12H,2-11H2,1H3. The molecule has 0 aliphatic carbocycles. The number of nitrogens with zero attached hydrogens (tertiary/aromatic N) is 2. The smallest absolute Gasteiger partial charge is 0.0109 e. The molecule has 2 aliphatic heterocycles. The lowest BCUT2D eigenvalue weighted by molar-refractivity contribution is 0.170. The van der Waals surface area contributed by atoms with Crippen LogP contribution in [0.5, 0.6) is 0 Å². The van der Waals surface area contributed by atoms with Crippen molar-refractivity contribution in [3.63, 3.8) is 0 Å². The van der Waals surface area contributed by atoms with Crippen LogP contribution in [0.4, 0.5) is 0 Å². The second-order valence-electron chi connectivity index (χ2n) is 5.07. The van der Waals surface area contributed by atoms with Crippen LogP contribution in [0.15, 0.2) is 0 Å². The van der Waals surface area contributed by atoms with Crippen LogP contribution in [0.1, 0.15) is 32.6 Å². The molecular weight excluding hydrogens is 172 g/mol. The van der Waals surface area contributed by atoms with E-state index in [4.69, 9.17) is 0 Å². The zero-order valence-corrected chi connectivity index (χ0v) is 9.54. The van der Waals surface area contributed by atoms with Crippen molar-refractivity contribution in [1.29, 1.82) is 0 Å². The van der Waals surface area contributed by atoms with Gasteiger partial charge in [0.05, 0.1) is 0 Å². The van der Waals surface area contributed by atoms with Crippen molar-refractivity contribution in [1.82, 2.24) is 9.80 Å². The lowest BCUT2D eigenvalue weighted by atomic mass is 9.99. The third-order valence-corrected chi connectivity index (χ3v) is 3.81. The van der Waals surface area contributed by atoms with E-state index in [-0.39, 0.29) is 0 Å². The first-order chi connectivity index (χ1) is 6.84. The van der Waals surface area contributed by atoms with E-state index in [1.807, 2.05) is 0 Å². The second kappa shape index (κ2) is 5.13. The summed E-state index contributed by atoms with van der Waals surface area (Å²) in [4.78, 5) is 5.27. The zero-order valence-electron chi connectivity index (χ0n) is 9.54. The van der Waals surface area contributed by atoms with Crippen LogP contribution in [-0.2, 0) is 0 Å². The lowest BCUT2D eigenvalue weighted by Crippen LogP contribution is -2.38. The molecule has 82 valence electrons. The summed E-state index contributed by atoms with van der Waals surface area (Å²) in [7, 11) is 0. The molecule has 0 atom stereocenters. The van der Waals surface area contributed by atoms with Crippen molar-refractivity contribution in [2.45, 2.75) is 32.6 Å². The van der Waals surface area contributed by atoms with Crippen molar-refractivity contribution < 1.29 is 0 Å². The Morgan fingerprint density at radius 3 is 1.93 bits per heavy atom. The van der Waals surface area contributed by atoms with Crippen molar-refractivity contribution in [3.05, 3.63) is 0 Å². The zero-order chi connectivity index (χ0) is 9.80. The predicted molar refractivity (Wildman–Crippen MR) is 60.5 cm³/mol. The molecule has 2 saturated heterocycles. The van der Waals surface area contributed by atoms with E-state index < -0.39 is 0 Å². The first-order valence-electron chi connectivity index (χ1n) is 6.29. The van der Waals surface area contributed by atoms with Crippen molar-refractivity contribution >= 4 is 0 Å². The van der Waals surface area contributed by atoms with Gasteiger partial charge in [0.1, 0.15) is 0 Å². The van der Waals surface area contributed by atoms with Gasteiger partial charge in [-0.15, -0.1) is 0 Å². The Labute approximate surface area is 88.3 Å². The van der Waals surface area contributed by atoms with E-state index in [0.29, 0.717) is 0 Å². The molecule has 2 rings (SSSR count). The highest BCUT2D eigenvalue weighted by Gasteiger charge is 2.17. The molecular formula is C12H24N2. The Hall–Kier alpha value is -0.0800. The molecule has 14 heavy (non-hydrogen) atoms. The van der Waals surface area contributed by atoms with Gasteiger partial charge < -0.3 is 9.80 Å². The van der Waals surface area contributed by atoms with Gasteiger partial charge in [0, 0.05) is 13.1 Å². The highest BCUT2D eigenvalue weighted by atomic mass is 15.2. The highest BCUT2D eigenvalue weighted by molar-refractivity contribution is 4.72. The molecule has 0 amide bonds. The summed E-state index contributed by atoms with van der Waals surface area (Å²) < 4.78 is 0. The van der Waals surface area contributed by atoms with E-state index >= 15 is 0 Å². The second-order valence-corrected chi connectivity index (χ2v) is 5.07. The summed E-state index contributed by atoms with van der Waals surface area (Å²) in [6.07, 6.45) is 5.69. The first kappa shape index (κ1) is 10.4. The first-order valence-corrected chi connectivity index (χ1v) is 6.29. The van der Waals surface area contributed by atoms with E-state index in [1.165, 1.54) is 65.0 Å². The third kappa shape index (κ3) is 2.96. The molecule has 0 N–H and O–H groups in total. The quantitative estimate of drug-likeness (QED) is 0.679. The maximum atomic E-state index is 2.65. The molecule has 0 aromatic rings. The number of piperidine rings is 1. The molecule has 2 nitrogen and oxygen atoms in total. The van der Waals surface area contributed by atoms with E-state index in [0.717, 1.165) is 5.92 Å². The fourth-order valence-corrected chi connectivity index (χ4v) is 2.57. The molecule has 2 fully saturated rings. The number of hydrogen-bond acceptors (Lipinski definition) is 2. The molecule has 0 aromatic carbocycles. The van der Waals surface area contributed by atoms with Crippen LogP contribution in [0.25, 0.3) is 0 Å². The Morgan fingerprint density at radius 2 is 1.36 bits per heavy atom. The van der Waals surface area contributed by atoms with Crippen LogP contribution < -0.4 is 0 Å². The Balaban J connectivity index is 1.60. The minimum atomic E-state index is 0.970. The summed E-state index contributed by atoms with van der Waals surface area (Å²) in [5.41, 5.74) is 0. The van der Waals surface area contributed by atoms with Gasteiger partial charge in [-0.25, -0.2) is 0 Å². The van der Waals surface area contributed by atoms with Crippen molar-refractivity contribution in [3.8, 4) is 0 Å². The summed E-state index contributed by atoms with van der Waals surface area (Å²) >= 11 is 0. The SMILES string of the molecule is CC1CCN(CCN2CCCC2)CC1. The molecule has 0 bridgehead atoms. The Kier molecular flexibility index (Phi) is 3.82. The molecule has 0 unspecified atom stereocenters. The van der Waals surface area contributed by atoms with Crippen molar-refractivity contribution in [2.75, 3.05) is 39.3 Å². The number of rotatable bonds is 3. The number of hydrogen-bond donors (Lipinski definition) is 0. The molecule has 0 saturated carbocycles. The fourth-order valence-electron chi connectivity index (χ4n) is 2.57. The topological polar surface area (TPSA) is 6.48 Å². The van der Waals surface area contributed by atoms with Gasteiger partial charge in [0.25, 0.3) is 0 Å². The third-order valence-electron chi connectivity index (χ3n) is 3.81. The average Bonchev–Trinajstić information content (AvgIpc) is 2.70. The van der Waals surface area contributed by atoms with Gasteiger partial charge in [0.2, 0.25) is 0 Å². The maximum absolute atomic E-state index is 2.65. The van der Waals surface area contributed by atoms with Crippen molar-refractivity contribution in [2.24, 2.45) is 5.92 Å².